The smallest absolute Gasteiger partial charge is 0.265 e. The van der Waals surface area contributed by atoms with Gasteiger partial charge < -0.3 is 14.4 Å². The maximum atomic E-state index is 12.9. The normalized spacial score (nSPS) is 17.9. The summed E-state index contributed by atoms with van der Waals surface area (Å²) in [5, 5.41) is 0.503. The first-order valence-corrected chi connectivity index (χ1v) is 10.7. The van der Waals surface area contributed by atoms with Gasteiger partial charge >= 0.3 is 0 Å². The third-order valence-electron chi connectivity index (χ3n) is 6.24. The number of nitrogens with zero attached hydrogens (tertiary/aromatic N) is 3. The van der Waals surface area contributed by atoms with E-state index in [2.05, 4.69) is 4.90 Å². The van der Waals surface area contributed by atoms with Crippen molar-refractivity contribution in [3.63, 3.8) is 0 Å². The molecule has 6 heteroatoms. The van der Waals surface area contributed by atoms with Crippen molar-refractivity contribution in [1.82, 2.24) is 14.5 Å². The van der Waals surface area contributed by atoms with Crippen molar-refractivity contribution in [2.75, 3.05) is 20.2 Å². The highest BCUT2D eigenvalue weighted by molar-refractivity contribution is 5.85. The van der Waals surface area contributed by atoms with Crippen molar-refractivity contribution in [3.05, 3.63) is 52.8 Å². The first-order chi connectivity index (χ1) is 14.6. The van der Waals surface area contributed by atoms with E-state index < -0.39 is 0 Å². The van der Waals surface area contributed by atoms with Crippen LogP contribution in [0.3, 0.4) is 0 Å². The van der Waals surface area contributed by atoms with Gasteiger partial charge in [0.1, 0.15) is 28.8 Å². The molecule has 2 aromatic carbocycles. The fourth-order valence-electron chi connectivity index (χ4n) is 4.38. The number of likely N-dealkylation sites (tertiary alicyclic amines) is 1. The van der Waals surface area contributed by atoms with E-state index in [0.717, 1.165) is 43.3 Å². The number of aromatic nitrogens is 2. The van der Waals surface area contributed by atoms with E-state index in [0.29, 0.717) is 22.5 Å². The number of methoxy groups -OCH3 is 1. The predicted octanol–water partition coefficient (Wildman–Crippen LogP) is 3.61. The number of ether oxygens (including phenoxy) is 2. The quantitative estimate of drug-likeness (QED) is 0.649. The maximum absolute atomic E-state index is 12.9. The van der Waals surface area contributed by atoms with Crippen molar-refractivity contribution in [1.29, 1.82) is 0 Å². The van der Waals surface area contributed by atoms with Gasteiger partial charge in [-0.05, 0) is 62.1 Å². The fraction of sp³-hybridized carbons (Fsp3) is 0.417. The predicted molar refractivity (Wildman–Crippen MR) is 117 cm³/mol. The molecule has 156 valence electrons. The second kappa shape index (κ2) is 7.76. The van der Waals surface area contributed by atoms with Gasteiger partial charge in [0, 0.05) is 31.7 Å². The van der Waals surface area contributed by atoms with Crippen LogP contribution < -0.4 is 15.0 Å². The van der Waals surface area contributed by atoms with Crippen LogP contribution in [-0.2, 0) is 7.05 Å². The third kappa shape index (κ3) is 3.56. The van der Waals surface area contributed by atoms with E-state index in [9.17, 15) is 4.79 Å². The minimum Gasteiger partial charge on any atom is -0.496 e. The number of hydrogen-bond donors (Lipinski definition) is 0. The summed E-state index contributed by atoms with van der Waals surface area (Å²) >= 11 is 0. The first-order valence-electron chi connectivity index (χ1n) is 10.7. The molecular weight excluding hydrogens is 378 g/mol. The highest BCUT2D eigenvalue weighted by atomic mass is 16.5. The number of benzene rings is 2. The maximum Gasteiger partial charge on any atom is 0.265 e. The monoisotopic (exact) mass is 405 g/mol. The van der Waals surface area contributed by atoms with Gasteiger partial charge in [0.05, 0.1) is 12.6 Å². The molecule has 1 saturated heterocycles. The van der Waals surface area contributed by atoms with Crippen LogP contribution in [0.15, 0.2) is 47.3 Å². The lowest BCUT2D eigenvalue weighted by atomic mass is 10.1. The van der Waals surface area contributed by atoms with E-state index in [4.69, 9.17) is 14.5 Å². The van der Waals surface area contributed by atoms with Gasteiger partial charge in [0.2, 0.25) is 0 Å². The Bertz CT molecular complexity index is 1110. The summed E-state index contributed by atoms with van der Waals surface area (Å²) in [5.41, 5.74) is 1.40. The molecule has 0 amide bonds. The van der Waals surface area contributed by atoms with E-state index >= 15 is 0 Å². The Balaban J connectivity index is 1.36. The van der Waals surface area contributed by atoms with Crippen LogP contribution in [0.1, 0.15) is 25.7 Å². The van der Waals surface area contributed by atoms with Gasteiger partial charge in [-0.1, -0.05) is 6.07 Å². The van der Waals surface area contributed by atoms with Gasteiger partial charge in [-0.15, -0.1) is 0 Å². The van der Waals surface area contributed by atoms with Gasteiger partial charge in [-0.2, -0.15) is 0 Å². The van der Waals surface area contributed by atoms with Crippen molar-refractivity contribution < 1.29 is 9.47 Å². The lowest BCUT2D eigenvalue weighted by Crippen LogP contribution is -2.39. The second-order valence-electron chi connectivity index (χ2n) is 8.26. The van der Waals surface area contributed by atoms with Crippen molar-refractivity contribution >= 4 is 10.9 Å². The summed E-state index contributed by atoms with van der Waals surface area (Å²) < 4.78 is 13.1. The molecule has 3 aromatic rings. The number of hydrogen-bond acceptors (Lipinski definition) is 5. The van der Waals surface area contributed by atoms with Gasteiger partial charge in [0.15, 0.2) is 0 Å². The molecule has 1 saturated carbocycles. The lowest BCUT2D eigenvalue weighted by molar-refractivity contribution is 0.0965. The van der Waals surface area contributed by atoms with E-state index in [1.807, 2.05) is 36.4 Å². The molecule has 30 heavy (non-hydrogen) atoms. The van der Waals surface area contributed by atoms with Gasteiger partial charge in [-0.25, -0.2) is 4.98 Å². The van der Waals surface area contributed by atoms with Crippen LogP contribution in [0.25, 0.3) is 22.3 Å². The zero-order valence-corrected chi connectivity index (χ0v) is 17.5. The van der Waals surface area contributed by atoms with Crippen molar-refractivity contribution in [3.8, 4) is 22.9 Å². The van der Waals surface area contributed by atoms with Gasteiger partial charge in [-0.3, -0.25) is 9.36 Å². The molecule has 2 aliphatic rings. The van der Waals surface area contributed by atoms with E-state index in [-0.39, 0.29) is 11.7 Å². The van der Waals surface area contributed by atoms with Crippen LogP contribution in [0, 0.1) is 0 Å². The summed E-state index contributed by atoms with van der Waals surface area (Å²) in [4.78, 5) is 20.3. The SMILES string of the molecule is COc1cccc2nc(-c3ccc(OC4CCN(C5CC5)CC4)cc3)n(C)c(=O)c12. The van der Waals surface area contributed by atoms with Crippen LogP contribution in [0.2, 0.25) is 0 Å². The molecule has 6 nitrogen and oxygen atoms in total. The lowest BCUT2D eigenvalue weighted by Gasteiger charge is -2.32. The van der Waals surface area contributed by atoms with E-state index in [1.54, 1.807) is 24.8 Å². The molecule has 5 rings (SSSR count). The molecular formula is C24H27N3O3. The molecule has 0 bridgehead atoms. The molecule has 1 aromatic heterocycles. The fourth-order valence-corrected chi connectivity index (χ4v) is 4.38. The average molecular weight is 405 g/mol. The molecule has 0 unspecified atom stereocenters. The Morgan fingerprint density at radius 3 is 2.40 bits per heavy atom. The molecule has 1 aliphatic heterocycles. The largest absolute Gasteiger partial charge is 0.496 e. The summed E-state index contributed by atoms with van der Waals surface area (Å²) in [5.74, 6) is 2.05. The van der Waals surface area contributed by atoms with Crippen LogP contribution >= 0.6 is 0 Å². The van der Waals surface area contributed by atoms with Crippen molar-refractivity contribution in [2.24, 2.45) is 7.05 Å². The minimum absolute atomic E-state index is 0.116. The Hall–Kier alpha value is -2.86. The molecule has 2 fully saturated rings. The Morgan fingerprint density at radius 1 is 1.00 bits per heavy atom. The molecule has 0 spiro atoms. The topological polar surface area (TPSA) is 56.6 Å². The average Bonchev–Trinajstić information content (AvgIpc) is 3.62. The van der Waals surface area contributed by atoms with Crippen LogP contribution in [0.5, 0.6) is 11.5 Å². The number of rotatable bonds is 5. The molecule has 0 atom stereocenters. The highest BCUT2D eigenvalue weighted by Crippen LogP contribution is 2.31. The first kappa shape index (κ1) is 19.1. The molecule has 2 heterocycles. The van der Waals surface area contributed by atoms with Crippen molar-refractivity contribution in [2.45, 2.75) is 37.8 Å². The second-order valence-corrected chi connectivity index (χ2v) is 8.26. The zero-order chi connectivity index (χ0) is 20.7. The Labute approximate surface area is 176 Å². The zero-order valence-electron chi connectivity index (χ0n) is 17.5. The summed E-state index contributed by atoms with van der Waals surface area (Å²) in [6.07, 6.45) is 5.18. The highest BCUT2D eigenvalue weighted by Gasteiger charge is 2.32. The molecule has 0 N–H and O–H groups in total. The summed E-state index contributed by atoms with van der Waals surface area (Å²) in [6, 6.07) is 14.2. The number of fused-ring (bicyclic) bond motifs is 1. The molecule has 1 aliphatic carbocycles. The molecule has 0 radical (unpaired) electrons. The number of piperidine rings is 1. The standard InChI is InChI=1S/C24H27N3O3/c1-26-23(25-20-4-3-5-21(29-2)22(20)24(26)28)16-6-10-18(11-7-16)30-19-12-14-27(15-13-19)17-8-9-17/h3-7,10-11,17,19H,8-9,12-15H2,1-2H3. The minimum atomic E-state index is -0.116. The summed E-state index contributed by atoms with van der Waals surface area (Å²) in [7, 11) is 3.31. The Kier molecular flexibility index (Phi) is 4.95. The Morgan fingerprint density at radius 2 is 1.73 bits per heavy atom. The van der Waals surface area contributed by atoms with E-state index in [1.165, 1.54) is 12.8 Å². The van der Waals surface area contributed by atoms with Gasteiger partial charge in [0.25, 0.3) is 5.56 Å². The van der Waals surface area contributed by atoms with Crippen LogP contribution in [-0.4, -0.2) is 46.8 Å². The summed E-state index contributed by atoms with van der Waals surface area (Å²) in [6.45, 7) is 2.28. The van der Waals surface area contributed by atoms with Crippen LogP contribution in [0.4, 0.5) is 0 Å². The third-order valence-corrected chi connectivity index (χ3v) is 6.24.